The fourth-order valence-corrected chi connectivity index (χ4v) is 5.01. The molecule has 3 rings (SSSR count). The van der Waals surface area contributed by atoms with Gasteiger partial charge < -0.3 is 10.1 Å². The lowest BCUT2D eigenvalue weighted by atomic mass is 9.86. The summed E-state index contributed by atoms with van der Waals surface area (Å²) in [7, 11) is 0. The van der Waals surface area contributed by atoms with Gasteiger partial charge in [-0.25, -0.2) is 4.79 Å². The van der Waals surface area contributed by atoms with Gasteiger partial charge >= 0.3 is 5.97 Å². The van der Waals surface area contributed by atoms with Crippen LogP contribution in [0.4, 0.5) is 5.00 Å². The van der Waals surface area contributed by atoms with Gasteiger partial charge in [0.15, 0.2) is 0 Å². The Hall–Kier alpha value is -2.14. The molecule has 162 valence electrons. The van der Waals surface area contributed by atoms with Crippen LogP contribution < -0.4 is 5.32 Å². The van der Waals surface area contributed by atoms with Crippen LogP contribution in [-0.2, 0) is 14.9 Å². The number of amides is 1. The van der Waals surface area contributed by atoms with Crippen molar-refractivity contribution in [3.8, 4) is 11.1 Å². The Labute approximate surface area is 184 Å². The van der Waals surface area contributed by atoms with Crippen molar-refractivity contribution in [2.24, 2.45) is 5.92 Å². The van der Waals surface area contributed by atoms with Crippen molar-refractivity contribution >= 4 is 28.2 Å². The highest BCUT2D eigenvalue weighted by molar-refractivity contribution is 7.15. The van der Waals surface area contributed by atoms with Gasteiger partial charge in [-0.3, -0.25) is 4.79 Å². The van der Waals surface area contributed by atoms with Crippen molar-refractivity contribution in [2.45, 2.75) is 71.6 Å². The summed E-state index contributed by atoms with van der Waals surface area (Å²) in [5.41, 5.74) is 3.52. The highest BCUT2D eigenvalue weighted by Crippen LogP contribution is 2.37. The van der Waals surface area contributed by atoms with Crippen LogP contribution in [0.1, 0.15) is 82.1 Å². The van der Waals surface area contributed by atoms with Gasteiger partial charge in [0.25, 0.3) is 0 Å². The maximum absolute atomic E-state index is 12.7. The van der Waals surface area contributed by atoms with Crippen LogP contribution in [0, 0.1) is 5.92 Å². The van der Waals surface area contributed by atoms with Gasteiger partial charge in [-0.05, 0) is 35.8 Å². The molecule has 0 spiro atoms. The standard InChI is InChI=1S/C25H33NO3S/c1-5-29-24(28)22-20(18-11-13-19(14-12-18)25(2,3)4)16-30-23(22)26-21(27)15-10-17-8-6-7-9-17/h11-14,16-17H,5-10,15H2,1-4H3,(H,26,27). The van der Waals surface area contributed by atoms with E-state index in [9.17, 15) is 9.59 Å². The molecule has 1 aromatic heterocycles. The summed E-state index contributed by atoms with van der Waals surface area (Å²) < 4.78 is 5.31. The van der Waals surface area contributed by atoms with Gasteiger partial charge in [0, 0.05) is 17.4 Å². The van der Waals surface area contributed by atoms with Crippen molar-refractivity contribution in [1.82, 2.24) is 0 Å². The highest BCUT2D eigenvalue weighted by Gasteiger charge is 2.24. The summed E-state index contributed by atoms with van der Waals surface area (Å²) in [6, 6.07) is 8.28. The van der Waals surface area contributed by atoms with Crippen molar-refractivity contribution in [1.29, 1.82) is 0 Å². The van der Waals surface area contributed by atoms with Crippen LogP contribution in [0.3, 0.4) is 0 Å². The minimum atomic E-state index is -0.389. The predicted octanol–water partition coefficient (Wildman–Crippen LogP) is 6.80. The monoisotopic (exact) mass is 427 g/mol. The smallest absolute Gasteiger partial charge is 0.341 e. The van der Waals surface area contributed by atoms with E-state index in [1.807, 2.05) is 17.5 Å². The molecule has 0 bridgehead atoms. The Morgan fingerprint density at radius 2 is 1.80 bits per heavy atom. The Balaban J connectivity index is 1.81. The molecule has 1 amide bonds. The summed E-state index contributed by atoms with van der Waals surface area (Å²) in [5, 5.41) is 5.50. The maximum atomic E-state index is 12.7. The lowest BCUT2D eigenvalue weighted by molar-refractivity contribution is -0.116. The third kappa shape index (κ3) is 5.51. The quantitative estimate of drug-likeness (QED) is 0.494. The second-order valence-corrected chi connectivity index (χ2v) is 10.0. The van der Waals surface area contributed by atoms with E-state index in [1.165, 1.54) is 42.6 Å². The molecule has 0 radical (unpaired) electrons. The first-order valence-electron chi connectivity index (χ1n) is 11.0. The second-order valence-electron chi connectivity index (χ2n) is 9.14. The molecule has 1 aliphatic carbocycles. The number of carbonyl (C=O) groups is 2. The van der Waals surface area contributed by atoms with E-state index in [0.717, 1.165) is 17.5 Å². The number of anilines is 1. The molecule has 0 atom stereocenters. The van der Waals surface area contributed by atoms with Gasteiger partial charge in [0.2, 0.25) is 5.91 Å². The van der Waals surface area contributed by atoms with E-state index in [0.29, 0.717) is 29.5 Å². The fourth-order valence-electron chi connectivity index (χ4n) is 4.04. The fraction of sp³-hybridized carbons (Fsp3) is 0.520. The van der Waals surface area contributed by atoms with Gasteiger partial charge in [0.05, 0.1) is 6.61 Å². The van der Waals surface area contributed by atoms with Crippen molar-refractivity contribution in [3.63, 3.8) is 0 Å². The molecule has 1 fully saturated rings. The maximum Gasteiger partial charge on any atom is 0.341 e. The van der Waals surface area contributed by atoms with Crippen molar-refractivity contribution < 1.29 is 14.3 Å². The van der Waals surface area contributed by atoms with Crippen LogP contribution in [0.2, 0.25) is 0 Å². The number of rotatable bonds is 7. The van der Waals surface area contributed by atoms with E-state index in [-0.39, 0.29) is 17.3 Å². The Kier molecular flexibility index (Phi) is 7.35. The Bertz CT molecular complexity index is 871. The SMILES string of the molecule is CCOC(=O)c1c(-c2ccc(C(C)(C)C)cc2)csc1NC(=O)CCC1CCCC1. The van der Waals surface area contributed by atoms with Crippen LogP contribution in [0.25, 0.3) is 11.1 Å². The molecule has 4 nitrogen and oxygen atoms in total. The van der Waals surface area contributed by atoms with Crippen LogP contribution in [0.5, 0.6) is 0 Å². The van der Waals surface area contributed by atoms with E-state index < -0.39 is 0 Å². The van der Waals surface area contributed by atoms with Gasteiger partial charge in [-0.15, -0.1) is 11.3 Å². The topological polar surface area (TPSA) is 55.4 Å². The minimum absolute atomic E-state index is 0.0241. The summed E-state index contributed by atoms with van der Waals surface area (Å²) in [4.78, 5) is 25.3. The first-order valence-corrected chi connectivity index (χ1v) is 11.9. The van der Waals surface area contributed by atoms with Crippen molar-refractivity contribution in [2.75, 3.05) is 11.9 Å². The molecule has 1 heterocycles. The third-order valence-corrected chi connectivity index (χ3v) is 6.74. The summed E-state index contributed by atoms with van der Waals surface area (Å²) >= 11 is 1.39. The molecule has 1 aliphatic rings. The normalized spacial score (nSPS) is 14.7. The van der Waals surface area contributed by atoms with Crippen molar-refractivity contribution in [3.05, 3.63) is 40.8 Å². The molecule has 2 aromatic rings. The zero-order valence-electron chi connectivity index (χ0n) is 18.5. The summed E-state index contributed by atoms with van der Waals surface area (Å²) in [6.07, 6.45) is 6.45. The molecule has 0 unspecified atom stereocenters. The first-order chi connectivity index (χ1) is 14.3. The first kappa shape index (κ1) is 22.5. The van der Waals surface area contributed by atoms with E-state index >= 15 is 0 Å². The largest absolute Gasteiger partial charge is 0.462 e. The summed E-state index contributed by atoms with van der Waals surface area (Å²) in [6.45, 7) is 8.62. The molecule has 1 aromatic carbocycles. The zero-order chi connectivity index (χ0) is 21.7. The number of hydrogen-bond donors (Lipinski definition) is 1. The van der Waals surface area contributed by atoms with Crippen LogP contribution in [0.15, 0.2) is 29.6 Å². The lowest BCUT2D eigenvalue weighted by Gasteiger charge is -2.19. The highest BCUT2D eigenvalue weighted by atomic mass is 32.1. The number of esters is 1. The zero-order valence-corrected chi connectivity index (χ0v) is 19.4. The average molecular weight is 428 g/mol. The average Bonchev–Trinajstić information content (AvgIpc) is 3.36. The molecule has 0 aliphatic heterocycles. The number of ether oxygens (including phenoxy) is 1. The molecule has 5 heteroatoms. The molecular weight excluding hydrogens is 394 g/mol. The molecule has 30 heavy (non-hydrogen) atoms. The van der Waals surface area contributed by atoms with E-state index in [1.54, 1.807) is 6.92 Å². The van der Waals surface area contributed by atoms with Crippen LogP contribution in [-0.4, -0.2) is 18.5 Å². The molecule has 1 N–H and O–H groups in total. The number of benzene rings is 1. The number of thiophene rings is 1. The Morgan fingerprint density at radius 1 is 1.13 bits per heavy atom. The number of nitrogens with one attached hydrogen (secondary N) is 1. The van der Waals surface area contributed by atoms with Gasteiger partial charge in [0.1, 0.15) is 10.6 Å². The van der Waals surface area contributed by atoms with Gasteiger partial charge in [-0.1, -0.05) is 70.7 Å². The number of hydrogen-bond acceptors (Lipinski definition) is 4. The summed E-state index contributed by atoms with van der Waals surface area (Å²) in [5.74, 6) is 0.254. The molecular formula is C25H33NO3S. The van der Waals surface area contributed by atoms with E-state index in [2.05, 4.69) is 38.2 Å². The second kappa shape index (κ2) is 9.78. The number of carbonyl (C=O) groups excluding carboxylic acids is 2. The molecule has 1 saturated carbocycles. The van der Waals surface area contributed by atoms with Crippen LogP contribution >= 0.6 is 11.3 Å². The minimum Gasteiger partial charge on any atom is -0.462 e. The third-order valence-electron chi connectivity index (χ3n) is 5.84. The van der Waals surface area contributed by atoms with E-state index in [4.69, 9.17) is 4.74 Å². The predicted molar refractivity (Wildman–Crippen MR) is 124 cm³/mol. The molecule has 0 saturated heterocycles. The lowest BCUT2D eigenvalue weighted by Crippen LogP contribution is -2.15. The Morgan fingerprint density at radius 3 is 2.40 bits per heavy atom. The van der Waals surface area contributed by atoms with Gasteiger partial charge in [-0.2, -0.15) is 0 Å².